The number of carbonyl (C=O) groups is 1. The Morgan fingerprint density at radius 2 is 2.24 bits per heavy atom. The Morgan fingerprint density at radius 3 is 2.82 bits per heavy atom. The molecule has 5 heteroatoms. The number of benzene rings is 1. The van der Waals surface area contributed by atoms with Crippen LogP contribution in [0, 0.1) is 11.7 Å². The molecule has 1 rings (SSSR count). The summed E-state index contributed by atoms with van der Waals surface area (Å²) in [6.45, 7) is 2.30. The minimum atomic E-state index is -0.661. The molecule has 0 aliphatic rings. The SMILES string of the molecule is CC(CCCN)C(=O)c1ccc(Br)c(Cl)c1F. The molecule has 0 aromatic heterocycles. The Balaban J connectivity index is 2.93. The van der Waals surface area contributed by atoms with E-state index in [1.54, 1.807) is 13.0 Å². The molecule has 1 aromatic rings. The number of carbonyl (C=O) groups excluding carboxylic acids is 1. The Kier molecular flexibility index (Phi) is 5.56. The quantitative estimate of drug-likeness (QED) is 0.662. The smallest absolute Gasteiger partial charge is 0.168 e. The number of hydrogen-bond acceptors (Lipinski definition) is 2. The number of Topliss-reactive ketones (excluding diaryl/α,β-unsaturated/α-hetero) is 1. The first-order valence-corrected chi connectivity index (χ1v) is 6.54. The minimum absolute atomic E-state index is 0.0442. The molecule has 2 nitrogen and oxygen atoms in total. The highest BCUT2D eigenvalue weighted by Gasteiger charge is 2.20. The van der Waals surface area contributed by atoms with Crippen LogP contribution in [0.2, 0.25) is 5.02 Å². The molecule has 0 amide bonds. The number of hydrogen-bond donors (Lipinski definition) is 1. The van der Waals surface area contributed by atoms with E-state index in [2.05, 4.69) is 15.9 Å². The lowest BCUT2D eigenvalue weighted by Crippen LogP contribution is -2.15. The van der Waals surface area contributed by atoms with Crippen molar-refractivity contribution in [2.24, 2.45) is 11.7 Å². The zero-order valence-corrected chi connectivity index (χ0v) is 11.8. The van der Waals surface area contributed by atoms with Crippen molar-refractivity contribution >= 4 is 33.3 Å². The fourth-order valence-electron chi connectivity index (χ4n) is 1.54. The van der Waals surface area contributed by atoms with Crippen LogP contribution in [0.5, 0.6) is 0 Å². The van der Waals surface area contributed by atoms with E-state index in [0.29, 0.717) is 17.4 Å². The lowest BCUT2D eigenvalue weighted by molar-refractivity contribution is 0.0919. The molecule has 0 spiro atoms. The van der Waals surface area contributed by atoms with Crippen molar-refractivity contribution in [3.8, 4) is 0 Å². The molecule has 0 bridgehead atoms. The van der Waals surface area contributed by atoms with Crippen LogP contribution in [-0.2, 0) is 0 Å². The first-order valence-electron chi connectivity index (χ1n) is 5.36. The van der Waals surface area contributed by atoms with Gasteiger partial charge in [0.1, 0.15) is 0 Å². The molecule has 1 unspecified atom stereocenters. The van der Waals surface area contributed by atoms with E-state index in [0.717, 1.165) is 6.42 Å². The summed E-state index contributed by atoms with van der Waals surface area (Å²) in [6.07, 6.45) is 1.40. The van der Waals surface area contributed by atoms with E-state index >= 15 is 0 Å². The van der Waals surface area contributed by atoms with Crippen LogP contribution in [0.4, 0.5) is 4.39 Å². The van der Waals surface area contributed by atoms with Crippen LogP contribution in [-0.4, -0.2) is 12.3 Å². The van der Waals surface area contributed by atoms with E-state index in [-0.39, 0.29) is 22.3 Å². The highest BCUT2D eigenvalue weighted by molar-refractivity contribution is 9.10. The van der Waals surface area contributed by atoms with E-state index in [9.17, 15) is 9.18 Å². The third kappa shape index (κ3) is 3.50. The first kappa shape index (κ1) is 14.6. The van der Waals surface area contributed by atoms with E-state index in [1.165, 1.54) is 6.07 Å². The zero-order chi connectivity index (χ0) is 13.0. The summed E-state index contributed by atoms with van der Waals surface area (Å²) in [7, 11) is 0. The van der Waals surface area contributed by atoms with Crippen molar-refractivity contribution in [2.45, 2.75) is 19.8 Å². The summed E-state index contributed by atoms with van der Waals surface area (Å²) in [4.78, 5) is 12.0. The van der Waals surface area contributed by atoms with Crippen LogP contribution in [0.1, 0.15) is 30.1 Å². The van der Waals surface area contributed by atoms with Crippen LogP contribution >= 0.6 is 27.5 Å². The van der Waals surface area contributed by atoms with Crippen molar-refractivity contribution in [2.75, 3.05) is 6.54 Å². The van der Waals surface area contributed by atoms with Gasteiger partial charge in [0.2, 0.25) is 0 Å². The second-order valence-electron chi connectivity index (χ2n) is 3.92. The Morgan fingerprint density at radius 1 is 1.59 bits per heavy atom. The summed E-state index contributed by atoms with van der Waals surface area (Å²) >= 11 is 8.85. The summed E-state index contributed by atoms with van der Waals surface area (Å²) < 4.78 is 14.2. The molecular weight excluding hydrogens is 308 g/mol. The molecule has 0 aliphatic carbocycles. The maximum atomic E-state index is 13.8. The summed E-state index contributed by atoms with van der Waals surface area (Å²) in [5, 5.41) is -0.0538. The molecule has 0 heterocycles. The molecule has 2 N–H and O–H groups in total. The number of ketones is 1. The van der Waals surface area contributed by atoms with Gasteiger partial charge >= 0.3 is 0 Å². The van der Waals surface area contributed by atoms with Gasteiger partial charge in [-0.1, -0.05) is 18.5 Å². The highest BCUT2D eigenvalue weighted by Crippen LogP contribution is 2.29. The van der Waals surface area contributed by atoms with Crippen molar-refractivity contribution in [1.82, 2.24) is 0 Å². The van der Waals surface area contributed by atoms with Gasteiger partial charge in [-0.05, 0) is 47.4 Å². The predicted molar refractivity (Wildman–Crippen MR) is 70.9 cm³/mol. The second kappa shape index (κ2) is 6.47. The largest absolute Gasteiger partial charge is 0.330 e. The monoisotopic (exact) mass is 321 g/mol. The zero-order valence-electron chi connectivity index (χ0n) is 9.47. The van der Waals surface area contributed by atoms with Crippen molar-refractivity contribution in [3.05, 3.63) is 33.0 Å². The molecule has 0 saturated carbocycles. The number of halogens is 3. The molecule has 1 atom stereocenters. The average molecular weight is 323 g/mol. The van der Waals surface area contributed by atoms with Gasteiger partial charge in [0.25, 0.3) is 0 Å². The molecule has 94 valence electrons. The number of nitrogens with two attached hydrogens (primary N) is 1. The van der Waals surface area contributed by atoms with E-state index in [1.807, 2.05) is 0 Å². The van der Waals surface area contributed by atoms with Gasteiger partial charge < -0.3 is 5.73 Å². The van der Waals surface area contributed by atoms with Crippen LogP contribution in [0.25, 0.3) is 0 Å². The molecule has 0 radical (unpaired) electrons. The highest BCUT2D eigenvalue weighted by atomic mass is 79.9. The fourth-order valence-corrected chi connectivity index (χ4v) is 2.01. The molecule has 17 heavy (non-hydrogen) atoms. The Bertz CT molecular complexity index is 425. The standard InChI is InChI=1S/C12H14BrClFNO/c1-7(3-2-6-16)12(17)8-4-5-9(13)10(14)11(8)15/h4-5,7H,2-3,6,16H2,1H3. The van der Waals surface area contributed by atoms with Gasteiger partial charge in [0, 0.05) is 10.4 Å². The van der Waals surface area contributed by atoms with Gasteiger partial charge in [-0.3, -0.25) is 4.79 Å². The average Bonchev–Trinajstić information content (AvgIpc) is 2.32. The van der Waals surface area contributed by atoms with E-state index < -0.39 is 5.82 Å². The van der Waals surface area contributed by atoms with Gasteiger partial charge in [-0.2, -0.15) is 0 Å². The molecule has 0 fully saturated rings. The maximum absolute atomic E-state index is 13.8. The molecule has 0 aliphatic heterocycles. The first-order chi connectivity index (χ1) is 7.99. The van der Waals surface area contributed by atoms with Crippen molar-refractivity contribution < 1.29 is 9.18 Å². The molecule has 1 aromatic carbocycles. The maximum Gasteiger partial charge on any atom is 0.168 e. The molecular formula is C12H14BrClFNO. The third-order valence-corrected chi connectivity index (χ3v) is 3.85. The lowest BCUT2D eigenvalue weighted by atomic mass is 9.95. The van der Waals surface area contributed by atoms with Crippen molar-refractivity contribution in [1.29, 1.82) is 0 Å². The predicted octanol–water partition coefficient (Wildman–Crippen LogP) is 3.80. The summed E-state index contributed by atoms with van der Waals surface area (Å²) in [6, 6.07) is 3.03. The van der Waals surface area contributed by atoms with Crippen LogP contribution in [0.3, 0.4) is 0 Å². The summed E-state index contributed by atoms with van der Waals surface area (Å²) in [5.41, 5.74) is 5.42. The van der Waals surface area contributed by atoms with Crippen molar-refractivity contribution in [3.63, 3.8) is 0 Å². The molecule has 0 saturated heterocycles. The topological polar surface area (TPSA) is 43.1 Å². The normalized spacial score (nSPS) is 12.5. The third-order valence-electron chi connectivity index (χ3n) is 2.59. The van der Waals surface area contributed by atoms with E-state index in [4.69, 9.17) is 17.3 Å². The fraction of sp³-hybridized carbons (Fsp3) is 0.417. The minimum Gasteiger partial charge on any atom is -0.330 e. The van der Waals surface area contributed by atoms with Crippen LogP contribution in [0.15, 0.2) is 16.6 Å². The Labute approximate surface area is 113 Å². The van der Waals surface area contributed by atoms with Crippen LogP contribution < -0.4 is 5.73 Å². The summed E-state index contributed by atoms with van der Waals surface area (Å²) in [5.74, 6) is -1.14. The number of rotatable bonds is 5. The second-order valence-corrected chi connectivity index (χ2v) is 5.15. The Hall–Kier alpha value is -0.450. The lowest BCUT2D eigenvalue weighted by Gasteiger charge is -2.11. The van der Waals surface area contributed by atoms with Gasteiger partial charge in [0.15, 0.2) is 11.6 Å². The van der Waals surface area contributed by atoms with Gasteiger partial charge in [-0.25, -0.2) is 4.39 Å². The van der Waals surface area contributed by atoms with Gasteiger partial charge in [-0.15, -0.1) is 0 Å². The van der Waals surface area contributed by atoms with Gasteiger partial charge in [0.05, 0.1) is 10.6 Å².